The molecule has 0 aromatic heterocycles. The molecular weight excluding hydrogens is 300 g/mol. The Morgan fingerprint density at radius 3 is 2.76 bits per heavy atom. The average Bonchev–Trinajstić information content (AvgIpc) is 2.92. The molecule has 6 heteroatoms. The van der Waals surface area contributed by atoms with E-state index in [1.807, 2.05) is 0 Å². The van der Waals surface area contributed by atoms with Crippen LogP contribution in [0.3, 0.4) is 0 Å². The van der Waals surface area contributed by atoms with Gasteiger partial charge in [0.2, 0.25) is 0 Å². The van der Waals surface area contributed by atoms with E-state index in [-0.39, 0.29) is 11.3 Å². The van der Waals surface area contributed by atoms with Crippen molar-refractivity contribution in [2.75, 3.05) is 12.4 Å². The summed E-state index contributed by atoms with van der Waals surface area (Å²) in [5.41, 5.74) is 0.123. The molecule has 1 amide bonds. The number of rotatable bonds is 6. The summed E-state index contributed by atoms with van der Waals surface area (Å²) in [5.74, 6) is 0.858. The van der Waals surface area contributed by atoms with E-state index in [4.69, 9.17) is 11.6 Å². The maximum atomic E-state index is 12.3. The molecular formula is C15H18ClF2NO2. The van der Waals surface area contributed by atoms with E-state index in [1.54, 1.807) is 12.1 Å². The van der Waals surface area contributed by atoms with E-state index < -0.39 is 12.5 Å². The lowest BCUT2D eigenvalue weighted by molar-refractivity contribution is -0.0501. The zero-order valence-electron chi connectivity index (χ0n) is 11.5. The van der Waals surface area contributed by atoms with Gasteiger partial charge in [0.15, 0.2) is 0 Å². The Labute approximate surface area is 127 Å². The van der Waals surface area contributed by atoms with Gasteiger partial charge in [0.1, 0.15) is 5.75 Å². The van der Waals surface area contributed by atoms with Crippen molar-refractivity contribution in [1.82, 2.24) is 5.32 Å². The number of hydrogen-bond acceptors (Lipinski definition) is 2. The van der Waals surface area contributed by atoms with Crippen molar-refractivity contribution in [3.8, 4) is 5.75 Å². The highest BCUT2D eigenvalue weighted by molar-refractivity contribution is 6.18. The number of ether oxygens (including phenoxy) is 1. The third-order valence-corrected chi connectivity index (χ3v) is 4.28. The topological polar surface area (TPSA) is 38.3 Å². The van der Waals surface area contributed by atoms with Crippen LogP contribution in [0.2, 0.25) is 0 Å². The first-order valence-corrected chi connectivity index (χ1v) is 7.53. The number of carbonyl (C=O) groups is 1. The number of halogens is 3. The fraction of sp³-hybridized carbons (Fsp3) is 0.533. The second-order valence-electron chi connectivity index (χ2n) is 5.19. The molecule has 0 aliphatic heterocycles. The lowest BCUT2D eigenvalue weighted by Crippen LogP contribution is -2.31. The molecule has 2 unspecified atom stereocenters. The summed E-state index contributed by atoms with van der Waals surface area (Å²) in [6.45, 7) is -2.44. The van der Waals surface area contributed by atoms with Gasteiger partial charge in [0, 0.05) is 12.4 Å². The molecule has 2 atom stereocenters. The Morgan fingerprint density at radius 1 is 1.33 bits per heavy atom. The highest BCUT2D eigenvalue weighted by atomic mass is 35.5. The van der Waals surface area contributed by atoms with Crippen LogP contribution < -0.4 is 10.1 Å². The smallest absolute Gasteiger partial charge is 0.387 e. The summed E-state index contributed by atoms with van der Waals surface area (Å²) >= 11 is 5.90. The SMILES string of the molecule is O=C(NCC1CCCC1CCl)c1ccccc1OC(F)F. The second kappa shape index (κ2) is 7.59. The molecule has 3 nitrogen and oxygen atoms in total. The quantitative estimate of drug-likeness (QED) is 0.813. The Morgan fingerprint density at radius 2 is 2.05 bits per heavy atom. The van der Waals surface area contributed by atoms with Gasteiger partial charge in [-0.05, 0) is 36.8 Å². The van der Waals surface area contributed by atoms with Crippen LogP contribution in [0, 0.1) is 11.8 Å². The molecule has 0 bridgehead atoms. The number of carbonyl (C=O) groups excluding carboxylic acids is 1. The van der Waals surface area contributed by atoms with Gasteiger partial charge in [-0.15, -0.1) is 11.6 Å². The van der Waals surface area contributed by atoms with Gasteiger partial charge in [0.05, 0.1) is 5.56 Å². The summed E-state index contributed by atoms with van der Waals surface area (Å²) in [7, 11) is 0. The fourth-order valence-corrected chi connectivity index (χ4v) is 3.16. The van der Waals surface area contributed by atoms with E-state index in [0.29, 0.717) is 24.3 Å². The van der Waals surface area contributed by atoms with Gasteiger partial charge in [0.25, 0.3) is 5.91 Å². The number of para-hydroxylation sites is 1. The van der Waals surface area contributed by atoms with Crippen molar-refractivity contribution in [2.24, 2.45) is 11.8 Å². The molecule has 1 aliphatic carbocycles. The van der Waals surface area contributed by atoms with Gasteiger partial charge in [-0.3, -0.25) is 4.79 Å². The maximum absolute atomic E-state index is 12.3. The highest BCUT2D eigenvalue weighted by Crippen LogP contribution is 2.32. The molecule has 1 aromatic rings. The summed E-state index contributed by atoms with van der Waals surface area (Å²) in [4.78, 5) is 12.1. The Bertz CT molecular complexity index is 484. The molecule has 1 N–H and O–H groups in total. The van der Waals surface area contributed by atoms with Crippen molar-refractivity contribution in [3.05, 3.63) is 29.8 Å². The third-order valence-electron chi connectivity index (χ3n) is 3.89. The van der Waals surface area contributed by atoms with Crippen LogP contribution in [0.5, 0.6) is 5.75 Å². The molecule has 0 radical (unpaired) electrons. The lowest BCUT2D eigenvalue weighted by atomic mass is 9.98. The first kappa shape index (κ1) is 16.0. The molecule has 2 rings (SSSR count). The zero-order chi connectivity index (χ0) is 15.2. The van der Waals surface area contributed by atoms with Gasteiger partial charge < -0.3 is 10.1 Å². The van der Waals surface area contributed by atoms with Crippen molar-refractivity contribution in [1.29, 1.82) is 0 Å². The summed E-state index contributed by atoms with van der Waals surface area (Å²) in [6.07, 6.45) is 3.23. The van der Waals surface area contributed by atoms with Crippen LogP contribution in [0.25, 0.3) is 0 Å². The predicted octanol–water partition coefficient (Wildman–Crippen LogP) is 3.67. The molecule has 116 valence electrons. The molecule has 0 heterocycles. The van der Waals surface area contributed by atoms with Crippen LogP contribution in [0.15, 0.2) is 24.3 Å². The van der Waals surface area contributed by atoms with Crippen LogP contribution in [0.4, 0.5) is 8.78 Å². The number of benzene rings is 1. The van der Waals surface area contributed by atoms with Crippen molar-refractivity contribution in [2.45, 2.75) is 25.9 Å². The zero-order valence-corrected chi connectivity index (χ0v) is 12.3. The van der Waals surface area contributed by atoms with Crippen LogP contribution in [-0.2, 0) is 0 Å². The Balaban J connectivity index is 1.97. The molecule has 0 spiro atoms. The number of amides is 1. The minimum Gasteiger partial charge on any atom is -0.434 e. The van der Waals surface area contributed by atoms with E-state index in [9.17, 15) is 13.6 Å². The predicted molar refractivity (Wildman–Crippen MR) is 77.0 cm³/mol. The summed E-state index contributed by atoms with van der Waals surface area (Å²) in [6, 6.07) is 6.00. The van der Waals surface area contributed by atoms with Crippen molar-refractivity contribution in [3.63, 3.8) is 0 Å². The van der Waals surface area contributed by atoms with Gasteiger partial charge in [-0.2, -0.15) is 8.78 Å². The lowest BCUT2D eigenvalue weighted by Gasteiger charge is -2.18. The molecule has 21 heavy (non-hydrogen) atoms. The summed E-state index contributed by atoms with van der Waals surface area (Å²) in [5, 5.41) is 2.80. The fourth-order valence-electron chi connectivity index (χ4n) is 2.76. The standard InChI is InChI=1S/C15H18ClF2NO2/c16-8-10-4-3-5-11(10)9-19-14(20)12-6-1-2-7-13(12)21-15(17)18/h1-2,6-7,10-11,15H,3-5,8-9H2,(H,19,20). The van der Waals surface area contributed by atoms with E-state index in [1.165, 1.54) is 12.1 Å². The van der Waals surface area contributed by atoms with Crippen LogP contribution >= 0.6 is 11.6 Å². The summed E-state index contributed by atoms with van der Waals surface area (Å²) < 4.78 is 29.0. The monoisotopic (exact) mass is 317 g/mol. The van der Waals surface area contributed by atoms with E-state index in [0.717, 1.165) is 19.3 Å². The molecule has 1 saturated carbocycles. The third kappa shape index (κ3) is 4.30. The van der Waals surface area contributed by atoms with Crippen molar-refractivity contribution >= 4 is 17.5 Å². The second-order valence-corrected chi connectivity index (χ2v) is 5.50. The molecule has 0 saturated heterocycles. The average molecular weight is 318 g/mol. The largest absolute Gasteiger partial charge is 0.434 e. The van der Waals surface area contributed by atoms with Gasteiger partial charge in [-0.1, -0.05) is 18.6 Å². The molecule has 1 fully saturated rings. The number of hydrogen-bond donors (Lipinski definition) is 1. The Kier molecular flexibility index (Phi) is 5.79. The number of nitrogens with one attached hydrogen (secondary N) is 1. The van der Waals surface area contributed by atoms with Crippen LogP contribution in [-0.4, -0.2) is 24.9 Å². The van der Waals surface area contributed by atoms with Gasteiger partial charge >= 0.3 is 6.61 Å². The minimum absolute atomic E-state index is 0.106. The van der Waals surface area contributed by atoms with Gasteiger partial charge in [-0.25, -0.2) is 0 Å². The maximum Gasteiger partial charge on any atom is 0.387 e. The molecule has 1 aromatic carbocycles. The van der Waals surface area contributed by atoms with Crippen molar-refractivity contribution < 1.29 is 18.3 Å². The minimum atomic E-state index is -2.95. The van der Waals surface area contributed by atoms with E-state index in [2.05, 4.69) is 10.1 Å². The number of alkyl halides is 3. The molecule has 1 aliphatic rings. The first-order valence-electron chi connectivity index (χ1n) is 6.99. The highest BCUT2D eigenvalue weighted by Gasteiger charge is 2.27. The van der Waals surface area contributed by atoms with Crippen LogP contribution in [0.1, 0.15) is 29.6 Å². The first-order chi connectivity index (χ1) is 10.1. The normalized spacial score (nSPS) is 21.5. The Hall–Kier alpha value is -1.36. The van der Waals surface area contributed by atoms with E-state index >= 15 is 0 Å².